The van der Waals surface area contributed by atoms with Crippen molar-refractivity contribution in [1.82, 2.24) is 14.5 Å². The highest BCUT2D eigenvalue weighted by atomic mass is 19.1. The second-order valence-corrected chi connectivity index (χ2v) is 9.74. The summed E-state index contributed by atoms with van der Waals surface area (Å²) in [5.74, 6) is 0.492. The number of hydrogen-bond acceptors (Lipinski definition) is 6. The Labute approximate surface area is 227 Å². The van der Waals surface area contributed by atoms with E-state index in [0.717, 1.165) is 35.2 Å². The van der Waals surface area contributed by atoms with Gasteiger partial charge in [0.15, 0.2) is 0 Å². The van der Waals surface area contributed by atoms with Gasteiger partial charge in [-0.05, 0) is 42.3 Å². The lowest BCUT2D eigenvalue weighted by Crippen LogP contribution is -2.48. The number of methoxy groups -OCH3 is 1. The molecule has 0 amide bonds. The summed E-state index contributed by atoms with van der Waals surface area (Å²) in [5.41, 5.74) is 3.90. The Morgan fingerprint density at radius 3 is 2.49 bits per heavy atom. The molecule has 7 nitrogen and oxygen atoms in total. The molecule has 8 heteroatoms. The van der Waals surface area contributed by atoms with Crippen molar-refractivity contribution in [2.45, 2.75) is 32.4 Å². The van der Waals surface area contributed by atoms with Gasteiger partial charge in [0, 0.05) is 44.5 Å². The van der Waals surface area contributed by atoms with E-state index in [1.807, 2.05) is 48.5 Å². The molecule has 1 saturated heterocycles. The zero-order chi connectivity index (χ0) is 27.4. The Hall–Kier alpha value is -4.22. The summed E-state index contributed by atoms with van der Waals surface area (Å²) in [6.45, 7) is 5.17. The normalized spacial score (nSPS) is 14.8. The number of aromatic nitrogens is 2. The van der Waals surface area contributed by atoms with E-state index < -0.39 is 0 Å². The summed E-state index contributed by atoms with van der Waals surface area (Å²) in [5, 5.41) is 10.1. The van der Waals surface area contributed by atoms with Crippen molar-refractivity contribution >= 4 is 16.7 Å². The molecule has 2 aromatic carbocycles. The average Bonchev–Trinajstić information content (AvgIpc) is 2.98. The molecule has 0 bridgehead atoms. The van der Waals surface area contributed by atoms with Crippen LogP contribution >= 0.6 is 0 Å². The van der Waals surface area contributed by atoms with Gasteiger partial charge in [-0.3, -0.25) is 14.7 Å². The third kappa shape index (κ3) is 5.10. The summed E-state index contributed by atoms with van der Waals surface area (Å²) < 4.78 is 21.2. The molecule has 39 heavy (non-hydrogen) atoms. The number of ether oxygens (including phenoxy) is 1. The number of unbranched alkanes of at least 4 members (excludes halogenated alkanes) is 1. The predicted molar refractivity (Wildman–Crippen MR) is 151 cm³/mol. The monoisotopic (exact) mass is 525 g/mol. The fourth-order valence-electron chi connectivity index (χ4n) is 5.54. The molecule has 3 heterocycles. The van der Waals surface area contributed by atoms with Crippen molar-refractivity contribution in [2.24, 2.45) is 0 Å². The lowest BCUT2D eigenvalue weighted by atomic mass is 9.95. The highest BCUT2D eigenvalue weighted by Crippen LogP contribution is 2.36. The van der Waals surface area contributed by atoms with E-state index in [2.05, 4.69) is 27.8 Å². The summed E-state index contributed by atoms with van der Waals surface area (Å²) in [6, 6.07) is 20.3. The van der Waals surface area contributed by atoms with Gasteiger partial charge in [0.05, 0.1) is 24.4 Å². The van der Waals surface area contributed by atoms with Crippen molar-refractivity contribution in [2.75, 3.05) is 38.2 Å². The molecular weight excluding hydrogens is 493 g/mol. The number of halogens is 1. The number of fused-ring (bicyclic) bond motifs is 1. The van der Waals surface area contributed by atoms with Crippen LogP contribution in [0, 0.1) is 17.1 Å². The minimum absolute atomic E-state index is 0.142. The second kappa shape index (κ2) is 11.7. The summed E-state index contributed by atoms with van der Waals surface area (Å²) in [4.78, 5) is 22.5. The number of nitrogens with zero attached hydrogens (tertiary/aromatic N) is 5. The first-order valence-electron chi connectivity index (χ1n) is 13.4. The lowest BCUT2D eigenvalue weighted by molar-refractivity contribution is 0.209. The van der Waals surface area contributed by atoms with E-state index in [9.17, 15) is 14.4 Å². The van der Waals surface area contributed by atoms with Crippen LogP contribution in [0.15, 0.2) is 71.7 Å². The molecule has 1 fully saturated rings. The van der Waals surface area contributed by atoms with Gasteiger partial charge < -0.3 is 14.2 Å². The van der Waals surface area contributed by atoms with Gasteiger partial charge in [-0.25, -0.2) is 4.39 Å². The van der Waals surface area contributed by atoms with Crippen LogP contribution in [0.5, 0.6) is 5.75 Å². The fourth-order valence-corrected chi connectivity index (χ4v) is 5.54. The van der Waals surface area contributed by atoms with Gasteiger partial charge >= 0.3 is 0 Å². The molecule has 0 radical (unpaired) electrons. The Bertz CT molecular complexity index is 1550. The molecule has 0 N–H and O–H groups in total. The van der Waals surface area contributed by atoms with E-state index in [4.69, 9.17) is 4.74 Å². The Morgan fingerprint density at radius 2 is 1.79 bits per heavy atom. The zero-order valence-electron chi connectivity index (χ0n) is 22.3. The molecule has 1 atom stereocenters. The molecule has 0 aliphatic carbocycles. The fraction of sp³-hybridized carbons (Fsp3) is 0.323. The second-order valence-electron chi connectivity index (χ2n) is 9.74. The van der Waals surface area contributed by atoms with Gasteiger partial charge in [-0.2, -0.15) is 5.26 Å². The molecular formula is C31H32FN5O2. The number of nitriles is 1. The zero-order valence-corrected chi connectivity index (χ0v) is 22.3. The topological polar surface area (TPSA) is 74.4 Å². The number of pyridine rings is 2. The van der Waals surface area contributed by atoms with Crippen LogP contribution in [0.4, 0.5) is 10.1 Å². The van der Waals surface area contributed by atoms with Gasteiger partial charge in [0.2, 0.25) is 0 Å². The number of aryl methyl sites for hydroxylation is 1. The minimum Gasteiger partial charge on any atom is -0.496 e. The quantitative estimate of drug-likeness (QED) is 0.318. The van der Waals surface area contributed by atoms with E-state index in [1.54, 1.807) is 17.9 Å². The summed E-state index contributed by atoms with van der Waals surface area (Å²) >= 11 is 0. The van der Waals surface area contributed by atoms with Crippen LogP contribution in [0.2, 0.25) is 0 Å². The van der Waals surface area contributed by atoms with Crippen molar-refractivity contribution in [3.05, 3.63) is 99.7 Å². The maximum absolute atomic E-state index is 13.8. The van der Waals surface area contributed by atoms with E-state index in [0.29, 0.717) is 43.9 Å². The molecule has 5 rings (SSSR count). The number of piperazine rings is 1. The Kier molecular flexibility index (Phi) is 7.89. The summed E-state index contributed by atoms with van der Waals surface area (Å²) in [6.07, 6.45) is 3.51. The number of anilines is 1. The molecule has 2 aromatic heterocycles. The van der Waals surface area contributed by atoms with E-state index >= 15 is 0 Å². The van der Waals surface area contributed by atoms with Gasteiger partial charge in [0.1, 0.15) is 28.7 Å². The van der Waals surface area contributed by atoms with Crippen LogP contribution in [0.25, 0.3) is 11.0 Å². The average molecular weight is 526 g/mol. The number of rotatable bonds is 8. The van der Waals surface area contributed by atoms with Crippen LogP contribution in [0.3, 0.4) is 0 Å². The third-order valence-corrected chi connectivity index (χ3v) is 7.46. The first kappa shape index (κ1) is 26.4. The first-order valence-corrected chi connectivity index (χ1v) is 13.4. The maximum Gasteiger partial charge on any atom is 0.271 e. The predicted octanol–water partition coefficient (Wildman–Crippen LogP) is 5.13. The molecule has 1 aliphatic heterocycles. The number of para-hydroxylation sites is 1. The van der Waals surface area contributed by atoms with Crippen molar-refractivity contribution in [1.29, 1.82) is 5.26 Å². The molecule has 0 spiro atoms. The van der Waals surface area contributed by atoms with Crippen molar-refractivity contribution in [3.63, 3.8) is 0 Å². The highest BCUT2D eigenvalue weighted by Gasteiger charge is 2.31. The molecule has 4 aromatic rings. The first-order chi connectivity index (χ1) is 19.1. The van der Waals surface area contributed by atoms with Crippen LogP contribution in [0.1, 0.15) is 42.5 Å². The molecule has 1 unspecified atom stereocenters. The van der Waals surface area contributed by atoms with Crippen LogP contribution < -0.4 is 15.2 Å². The number of hydrogen-bond donors (Lipinski definition) is 0. The van der Waals surface area contributed by atoms with E-state index in [1.165, 1.54) is 12.1 Å². The number of benzene rings is 2. The lowest BCUT2D eigenvalue weighted by Gasteiger charge is -2.41. The van der Waals surface area contributed by atoms with Crippen LogP contribution in [-0.2, 0) is 6.54 Å². The smallest absolute Gasteiger partial charge is 0.271 e. The van der Waals surface area contributed by atoms with Gasteiger partial charge in [0.25, 0.3) is 5.56 Å². The van der Waals surface area contributed by atoms with Crippen LogP contribution in [-0.4, -0.2) is 47.7 Å². The largest absolute Gasteiger partial charge is 0.496 e. The van der Waals surface area contributed by atoms with Crippen molar-refractivity contribution < 1.29 is 9.13 Å². The standard InChI is InChI=1S/C31H32FN5O2/c1-3-4-16-37-26-9-7-15-34-28(26)30(25(21-33)31(37)38)36-19-17-35(18-20-36)29(22-11-13-23(32)14-12-22)24-8-5-6-10-27(24)39-2/h5-15,29H,3-4,16-20H2,1-2H3. The van der Waals surface area contributed by atoms with Crippen molar-refractivity contribution in [3.8, 4) is 11.8 Å². The minimum atomic E-state index is -0.278. The highest BCUT2D eigenvalue weighted by molar-refractivity contribution is 5.91. The summed E-state index contributed by atoms with van der Waals surface area (Å²) in [7, 11) is 1.66. The SMILES string of the molecule is CCCCn1c(=O)c(C#N)c(N2CCN(C(c3ccc(F)cc3)c3ccccc3OC)CC2)c2ncccc21. The van der Waals surface area contributed by atoms with Gasteiger partial charge in [-0.15, -0.1) is 0 Å². The molecule has 1 aliphatic rings. The molecule has 0 saturated carbocycles. The van der Waals surface area contributed by atoms with E-state index in [-0.39, 0.29) is 23.0 Å². The third-order valence-electron chi connectivity index (χ3n) is 7.46. The van der Waals surface area contributed by atoms with Gasteiger partial charge in [-0.1, -0.05) is 43.7 Å². The Morgan fingerprint density at radius 1 is 1.05 bits per heavy atom. The Balaban J connectivity index is 1.51. The molecule has 200 valence electrons. The maximum atomic E-state index is 13.8.